The molecule has 4 nitrogen and oxygen atoms in total. The zero-order valence-corrected chi connectivity index (χ0v) is 13.6. The molecule has 2 amide bonds. The number of amides is 2. The molecular weight excluding hydrogens is 272 g/mol. The van der Waals surface area contributed by atoms with Gasteiger partial charge in [0.1, 0.15) is 0 Å². The van der Waals surface area contributed by atoms with Crippen molar-refractivity contribution in [3.05, 3.63) is 0 Å². The number of piperidine rings is 2. The van der Waals surface area contributed by atoms with Crippen LogP contribution in [-0.2, 0) is 9.59 Å². The normalized spacial score (nSPS) is 37.1. The van der Waals surface area contributed by atoms with Crippen molar-refractivity contribution in [2.45, 2.75) is 51.4 Å². The fraction of sp³-hybridized carbons (Fsp3) is 0.867. The summed E-state index contributed by atoms with van der Waals surface area (Å²) in [6.07, 6.45) is 1.88. The quantitative estimate of drug-likeness (QED) is 0.686. The van der Waals surface area contributed by atoms with Gasteiger partial charge in [-0.2, -0.15) is 0 Å². The Balaban J connectivity index is 1.91. The van der Waals surface area contributed by atoms with Gasteiger partial charge in [0.25, 0.3) is 0 Å². The predicted octanol–water partition coefficient (Wildman–Crippen LogP) is 1.94. The summed E-state index contributed by atoms with van der Waals surface area (Å²) in [7, 11) is 0. The number of carbonyl (C=O) groups excluding carboxylic acids is 2. The first kappa shape index (κ1) is 14.2. The van der Waals surface area contributed by atoms with Gasteiger partial charge in [-0.05, 0) is 6.42 Å². The van der Waals surface area contributed by atoms with E-state index in [2.05, 4.69) is 4.90 Å². The van der Waals surface area contributed by atoms with Crippen molar-refractivity contribution in [2.24, 2.45) is 11.3 Å². The number of hydrogen-bond acceptors (Lipinski definition) is 3. The lowest BCUT2D eigenvalue weighted by Gasteiger charge is -2.55. The van der Waals surface area contributed by atoms with Gasteiger partial charge in [-0.15, -0.1) is 11.8 Å². The Morgan fingerprint density at radius 1 is 1.35 bits per heavy atom. The van der Waals surface area contributed by atoms with Crippen LogP contribution >= 0.6 is 11.8 Å². The van der Waals surface area contributed by atoms with Crippen LogP contribution in [0.1, 0.15) is 40.5 Å². The van der Waals surface area contributed by atoms with E-state index in [1.54, 1.807) is 0 Å². The van der Waals surface area contributed by atoms with Gasteiger partial charge in [0, 0.05) is 36.7 Å². The smallest absolute Gasteiger partial charge is 0.228 e. The van der Waals surface area contributed by atoms with E-state index in [1.807, 2.05) is 44.4 Å². The van der Waals surface area contributed by atoms with Gasteiger partial charge in [-0.3, -0.25) is 9.59 Å². The molecule has 3 fully saturated rings. The van der Waals surface area contributed by atoms with Crippen LogP contribution in [0.15, 0.2) is 0 Å². The van der Waals surface area contributed by atoms with Crippen LogP contribution in [0.2, 0.25) is 0 Å². The molecule has 3 heterocycles. The van der Waals surface area contributed by atoms with Crippen molar-refractivity contribution >= 4 is 23.6 Å². The average Bonchev–Trinajstić information content (AvgIpc) is 2.78. The monoisotopic (exact) mass is 296 g/mol. The Bertz CT molecular complexity index is 459. The van der Waals surface area contributed by atoms with E-state index < -0.39 is 0 Å². The third kappa shape index (κ3) is 1.89. The number of fused-ring (bicyclic) bond motifs is 1. The third-order valence-corrected chi connectivity index (χ3v) is 6.50. The molecule has 5 heteroatoms. The molecule has 0 aliphatic carbocycles. The molecule has 3 aliphatic rings. The van der Waals surface area contributed by atoms with Crippen LogP contribution in [0.4, 0.5) is 0 Å². The number of likely N-dealkylation sites (tertiary alicyclic amines) is 1. The molecule has 3 atom stereocenters. The van der Waals surface area contributed by atoms with Gasteiger partial charge < -0.3 is 9.80 Å². The molecule has 3 rings (SSSR count). The van der Waals surface area contributed by atoms with Crippen LogP contribution < -0.4 is 0 Å². The molecular formula is C15H24N2O2S. The zero-order chi connectivity index (χ0) is 14.7. The third-order valence-electron chi connectivity index (χ3n) is 4.98. The first-order valence-electron chi connectivity index (χ1n) is 7.53. The maximum Gasteiger partial charge on any atom is 0.228 e. The standard InChI is InChI=1S/C15H24N2O2S/c1-10-11-9-15(17(12(10)18)7-8-20-15)5-6-16(11)13(19)14(2,3)4/h10-11H,5-9H2,1-4H3. The molecule has 3 unspecified atom stereocenters. The van der Waals surface area contributed by atoms with E-state index in [-0.39, 0.29) is 34.1 Å². The fourth-order valence-corrected chi connectivity index (χ4v) is 5.35. The molecule has 0 radical (unpaired) electrons. The maximum absolute atomic E-state index is 12.7. The summed E-state index contributed by atoms with van der Waals surface area (Å²) in [4.78, 5) is 29.3. The minimum Gasteiger partial charge on any atom is -0.338 e. The molecule has 3 saturated heterocycles. The molecule has 3 aliphatic heterocycles. The summed E-state index contributed by atoms with van der Waals surface area (Å²) in [5, 5.41) is 0. The Morgan fingerprint density at radius 3 is 2.70 bits per heavy atom. The summed E-state index contributed by atoms with van der Waals surface area (Å²) in [6.45, 7) is 9.56. The molecule has 2 bridgehead atoms. The number of rotatable bonds is 0. The Labute approximate surface area is 125 Å². The van der Waals surface area contributed by atoms with Crippen molar-refractivity contribution < 1.29 is 9.59 Å². The molecule has 0 aromatic rings. The predicted molar refractivity (Wildman–Crippen MR) is 80.3 cm³/mol. The first-order valence-corrected chi connectivity index (χ1v) is 8.51. The van der Waals surface area contributed by atoms with E-state index >= 15 is 0 Å². The lowest BCUT2D eigenvalue weighted by atomic mass is 9.80. The minimum absolute atomic E-state index is 0.0110. The number of hydrogen-bond donors (Lipinski definition) is 0. The summed E-state index contributed by atoms with van der Waals surface area (Å²) < 4.78 is 0. The van der Waals surface area contributed by atoms with E-state index in [4.69, 9.17) is 0 Å². The Morgan fingerprint density at radius 2 is 2.05 bits per heavy atom. The highest BCUT2D eigenvalue weighted by Gasteiger charge is 2.57. The Kier molecular flexibility index (Phi) is 3.13. The summed E-state index contributed by atoms with van der Waals surface area (Å²) in [5.41, 5.74) is -0.368. The van der Waals surface area contributed by atoms with E-state index in [0.29, 0.717) is 0 Å². The fourth-order valence-electron chi connectivity index (χ4n) is 3.84. The molecule has 20 heavy (non-hydrogen) atoms. The van der Waals surface area contributed by atoms with Gasteiger partial charge in [0.05, 0.1) is 10.8 Å². The summed E-state index contributed by atoms with van der Waals surface area (Å²) in [5.74, 6) is 1.41. The second-order valence-electron chi connectivity index (χ2n) is 7.34. The van der Waals surface area contributed by atoms with Gasteiger partial charge in [-0.1, -0.05) is 27.7 Å². The van der Waals surface area contributed by atoms with Crippen LogP contribution in [-0.4, -0.2) is 51.4 Å². The lowest BCUT2D eigenvalue weighted by molar-refractivity contribution is -0.159. The largest absolute Gasteiger partial charge is 0.338 e. The average molecular weight is 296 g/mol. The summed E-state index contributed by atoms with van der Waals surface area (Å²) >= 11 is 1.92. The number of nitrogens with zero attached hydrogens (tertiary/aromatic N) is 2. The first-order chi connectivity index (χ1) is 9.26. The second kappa shape index (κ2) is 4.39. The number of thioether (sulfide) groups is 1. The summed E-state index contributed by atoms with van der Waals surface area (Å²) in [6, 6.07) is 0.0878. The molecule has 0 aromatic carbocycles. The SMILES string of the molecule is CC1C(=O)N2CCSC23CCN(C(=O)C(C)(C)C)C1C3. The zero-order valence-electron chi connectivity index (χ0n) is 12.8. The number of carbonyl (C=O) groups is 2. The van der Waals surface area contributed by atoms with Gasteiger partial charge in [-0.25, -0.2) is 0 Å². The maximum atomic E-state index is 12.7. The molecule has 0 saturated carbocycles. The van der Waals surface area contributed by atoms with Crippen LogP contribution in [0, 0.1) is 11.3 Å². The second-order valence-corrected chi connectivity index (χ2v) is 8.80. The van der Waals surface area contributed by atoms with E-state index in [0.717, 1.165) is 31.7 Å². The molecule has 0 aromatic heterocycles. The van der Waals surface area contributed by atoms with Gasteiger partial charge >= 0.3 is 0 Å². The van der Waals surface area contributed by atoms with Gasteiger partial charge in [0.15, 0.2) is 0 Å². The minimum atomic E-state index is -0.368. The van der Waals surface area contributed by atoms with Crippen LogP contribution in [0.3, 0.4) is 0 Å². The van der Waals surface area contributed by atoms with Crippen molar-refractivity contribution in [3.63, 3.8) is 0 Å². The topological polar surface area (TPSA) is 40.6 Å². The van der Waals surface area contributed by atoms with E-state index in [1.165, 1.54) is 0 Å². The van der Waals surface area contributed by atoms with Gasteiger partial charge in [0.2, 0.25) is 11.8 Å². The lowest BCUT2D eigenvalue weighted by Crippen LogP contribution is -2.67. The molecule has 1 spiro atoms. The van der Waals surface area contributed by atoms with Crippen molar-refractivity contribution in [3.8, 4) is 0 Å². The Hall–Kier alpha value is -0.710. The molecule has 112 valence electrons. The van der Waals surface area contributed by atoms with Crippen LogP contribution in [0.25, 0.3) is 0 Å². The van der Waals surface area contributed by atoms with Crippen molar-refractivity contribution in [1.82, 2.24) is 9.80 Å². The highest BCUT2D eigenvalue weighted by Crippen LogP contribution is 2.51. The van der Waals surface area contributed by atoms with E-state index in [9.17, 15) is 9.59 Å². The highest BCUT2D eigenvalue weighted by molar-refractivity contribution is 8.00. The van der Waals surface area contributed by atoms with Crippen molar-refractivity contribution in [1.29, 1.82) is 0 Å². The highest BCUT2D eigenvalue weighted by atomic mass is 32.2. The molecule has 0 N–H and O–H groups in total. The van der Waals surface area contributed by atoms with Crippen molar-refractivity contribution in [2.75, 3.05) is 18.8 Å². The van der Waals surface area contributed by atoms with Crippen LogP contribution in [0.5, 0.6) is 0 Å².